The standard InChI is InChI=1S/C26H32O6/c1-4-5-8-16(2)22(31-17(3)27)14-13-19-21(28)15-23-25(19)20-11-6-9-18(26(20)32-23)10-7-12-24(29)30/h6,9,11,13-14,16,19,21-23,25,28H,7-8,10,12,15H2,1-3H3,(H,29,30). The Morgan fingerprint density at radius 1 is 1.38 bits per heavy atom. The van der Waals surface area contributed by atoms with Gasteiger partial charge < -0.3 is 19.7 Å². The highest BCUT2D eigenvalue weighted by Crippen LogP contribution is 2.52. The van der Waals surface area contributed by atoms with Crippen LogP contribution in [-0.4, -0.2) is 40.5 Å². The highest BCUT2D eigenvalue weighted by molar-refractivity contribution is 5.67. The molecule has 1 fully saturated rings. The van der Waals surface area contributed by atoms with E-state index in [2.05, 4.69) is 11.8 Å². The van der Waals surface area contributed by atoms with E-state index in [0.717, 1.165) is 16.9 Å². The molecule has 172 valence electrons. The van der Waals surface area contributed by atoms with Crippen molar-refractivity contribution in [2.24, 2.45) is 11.8 Å². The Hall–Kier alpha value is -2.78. The molecule has 1 aromatic rings. The molecule has 0 bridgehead atoms. The molecule has 0 aromatic heterocycles. The number of hydrogen-bond donors (Lipinski definition) is 2. The van der Waals surface area contributed by atoms with Crippen molar-refractivity contribution in [3.05, 3.63) is 41.5 Å². The molecule has 32 heavy (non-hydrogen) atoms. The lowest BCUT2D eigenvalue weighted by molar-refractivity contribution is -0.146. The van der Waals surface area contributed by atoms with Gasteiger partial charge in [0.05, 0.1) is 6.10 Å². The Labute approximate surface area is 189 Å². The molecule has 1 aliphatic heterocycles. The molecule has 0 radical (unpaired) electrons. The van der Waals surface area contributed by atoms with E-state index in [-0.39, 0.29) is 36.2 Å². The third-order valence-electron chi connectivity index (χ3n) is 6.31. The van der Waals surface area contributed by atoms with Crippen LogP contribution in [0.4, 0.5) is 0 Å². The van der Waals surface area contributed by atoms with Gasteiger partial charge in [-0.2, -0.15) is 0 Å². The van der Waals surface area contributed by atoms with Crippen LogP contribution >= 0.6 is 0 Å². The summed E-state index contributed by atoms with van der Waals surface area (Å²) >= 11 is 0. The van der Waals surface area contributed by atoms with Crippen LogP contribution in [0.5, 0.6) is 5.75 Å². The summed E-state index contributed by atoms with van der Waals surface area (Å²) in [5.41, 5.74) is 2.07. The molecule has 6 heteroatoms. The lowest BCUT2D eigenvalue weighted by atomic mass is 9.86. The largest absolute Gasteiger partial charge is 0.489 e. The fourth-order valence-electron chi connectivity index (χ4n) is 4.75. The molecule has 3 rings (SSSR count). The molecule has 6 nitrogen and oxygen atoms in total. The summed E-state index contributed by atoms with van der Waals surface area (Å²) in [6, 6.07) is 5.98. The molecular formula is C26H32O6. The Morgan fingerprint density at radius 3 is 2.84 bits per heavy atom. The van der Waals surface area contributed by atoms with Gasteiger partial charge in [0, 0.05) is 49.5 Å². The lowest BCUT2D eigenvalue weighted by Crippen LogP contribution is -2.23. The summed E-state index contributed by atoms with van der Waals surface area (Å²) in [6.45, 7) is 5.17. The van der Waals surface area contributed by atoms with E-state index in [1.54, 1.807) is 6.92 Å². The Balaban J connectivity index is 1.80. The van der Waals surface area contributed by atoms with Crippen molar-refractivity contribution in [1.82, 2.24) is 0 Å². The highest BCUT2D eigenvalue weighted by atomic mass is 16.5. The average Bonchev–Trinajstić information content (AvgIpc) is 3.24. The zero-order chi connectivity index (χ0) is 23.3. The molecule has 2 N–H and O–H groups in total. The molecular weight excluding hydrogens is 408 g/mol. The first-order valence-corrected chi connectivity index (χ1v) is 11.2. The molecule has 0 saturated heterocycles. The van der Waals surface area contributed by atoms with Crippen LogP contribution in [0.1, 0.15) is 63.5 Å². The van der Waals surface area contributed by atoms with Gasteiger partial charge in [0.1, 0.15) is 18.0 Å². The summed E-state index contributed by atoms with van der Waals surface area (Å²) in [4.78, 5) is 22.5. The maximum Gasteiger partial charge on any atom is 0.303 e. The van der Waals surface area contributed by atoms with Gasteiger partial charge in [-0.05, 0) is 31.4 Å². The van der Waals surface area contributed by atoms with Gasteiger partial charge in [-0.3, -0.25) is 9.59 Å². The number of aliphatic hydroxyl groups excluding tert-OH is 1. The van der Waals surface area contributed by atoms with Crippen molar-refractivity contribution in [2.75, 3.05) is 0 Å². The van der Waals surface area contributed by atoms with Crippen LogP contribution in [-0.2, 0) is 20.7 Å². The number of carboxylic acid groups (broad SMARTS) is 1. The summed E-state index contributed by atoms with van der Waals surface area (Å²) < 4.78 is 11.8. The number of carbonyl (C=O) groups is 2. The van der Waals surface area contributed by atoms with Crippen molar-refractivity contribution < 1.29 is 29.3 Å². The smallest absolute Gasteiger partial charge is 0.303 e. The van der Waals surface area contributed by atoms with Crippen LogP contribution in [0.3, 0.4) is 0 Å². The number of aliphatic carboxylic acids is 1. The fraction of sp³-hybridized carbons (Fsp3) is 0.538. The summed E-state index contributed by atoms with van der Waals surface area (Å²) in [5.74, 6) is 5.49. The van der Waals surface area contributed by atoms with Crippen LogP contribution < -0.4 is 4.74 Å². The highest BCUT2D eigenvalue weighted by Gasteiger charge is 2.49. The normalized spacial score (nSPS) is 25.2. The van der Waals surface area contributed by atoms with Gasteiger partial charge >= 0.3 is 11.9 Å². The van der Waals surface area contributed by atoms with Gasteiger partial charge in [0.2, 0.25) is 0 Å². The van der Waals surface area contributed by atoms with Crippen molar-refractivity contribution in [3.8, 4) is 17.6 Å². The molecule has 6 unspecified atom stereocenters. The van der Waals surface area contributed by atoms with Gasteiger partial charge in [-0.25, -0.2) is 0 Å². The summed E-state index contributed by atoms with van der Waals surface area (Å²) in [7, 11) is 0. The number of aryl methyl sites for hydroxylation is 1. The molecule has 1 aromatic carbocycles. The number of para-hydroxylation sites is 1. The van der Waals surface area contributed by atoms with E-state index in [1.807, 2.05) is 37.3 Å². The molecule has 6 atom stereocenters. The van der Waals surface area contributed by atoms with E-state index in [0.29, 0.717) is 25.7 Å². The van der Waals surface area contributed by atoms with Gasteiger partial charge in [0.25, 0.3) is 0 Å². The van der Waals surface area contributed by atoms with Crippen molar-refractivity contribution in [3.63, 3.8) is 0 Å². The molecule has 1 saturated carbocycles. The summed E-state index contributed by atoms with van der Waals surface area (Å²) in [6.07, 6.45) is 5.23. The Bertz CT molecular complexity index is 924. The minimum atomic E-state index is -0.801. The number of benzene rings is 1. The second-order valence-corrected chi connectivity index (χ2v) is 8.71. The van der Waals surface area contributed by atoms with Crippen molar-refractivity contribution >= 4 is 11.9 Å². The van der Waals surface area contributed by atoms with Gasteiger partial charge in [-0.15, -0.1) is 11.8 Å². The number of ether oxygens (including phenoxy) is 2. The molecule has 0 spiro atoms. The number of carboxylic acids is 1. The zero-order valence-corrected chi connectivity index (χ0v) is 18.9. The maximum atomic E-state index is 11.6. The minimum Gasteiger partial charge on any atom is -0.489 e. The second kappa shape index (κ2) is 10.7. The lowest BCUT2D eigenvalue weighted by Gasteiger charge is -2.22. The quantitative estimate of drug-likeness (QED) is 0.344. The van der Waals surface area contributed by atoms with E-state index in [9.17, 15) is 14.7 Å². The number of carbonyl (C=O) groups excluding carboxylic acids is 1. The van der Waals surface area contributed by atoms with E-state index in [1.165, 1.54) is 6.92 Å². The number of aliphatic hydroxyl groups is 1. The monoisotopic (exact) mass is 440 g/mol. The Morgan fingerprint density at radius 2 is 2.16 bits per heavy atom. The van der Waals surface area contributed by atoms with Crippen LogP contribution in [0.25, 0.3) is 0 Å². The van der Waals surface area contributed by atoms with Crippen molar-refractivity contribution in [2.45, 2.75) is 77.1 Å². The second-order valence-electron chi connectivity index (χ2n) is 8.71. The van der Waals surface area contributed by atoms with E-state index in [4.69, 9.17) is 14.6 Å². The first-order chi connectivity index (χ1) is 15.3. The number of fused-ring (bicyclic) bond motifs is 3. The van der Waals surface area contributed by atoms with E-state index < -0.39 is 18.2 Å². The van der Waals surface area contributed by atoms with Crippen LogP contribution in [0.15, 0.2) is 30.4 Å². The predicted octanol–water partition coefficient (Wildman–Crippen LogP) is 3.86. The maximum absolute atomic E-state index is 11.6. The van der Waals surface area contributed by atoms with Crippen molar-refractivity contribution in [1.29, 1.82) is 0 Å². The van der Waals surface area contributed by atoms with Gasteiger partial charge in [-0.1, -0.05) is 31.2 Å². The number of hydrogen-bond acceptors (Lipinski definition) is 5. The third kappa shape index (κ3) is 5.52. The molecule has 1 heterocycles. The Kier molecular flexibility index (Phi) is 7.98. The first kappa shape index (κ1) is 23.9. The number of rotatable bonds is 9. The summed E-state index contributed by atoms with van der Waals surface area (Å²) in [5, 5.41) is 19.7. The molecule has 2 aliphatic rings. The average molecular weight is 441 g/mol. The zero-order valence-electron chi connectivity index (χ0n) is 18.9. The fourth-order valence-corrected chi connectivity index (χ4v) is 4.75. The number of esters is 1. The SMILES string of the molecule is CC#CCC(C)C(C=CC1C(O)CC2Oc3c(CCCC(=O)O)cccc3C21)OC(C)=O. The van der Waals surface area contributed by atoms with Crippen LogP contribution in [0, 0.1) is 23.7 Å². The predicted molar refractivity (Wildman–Crippen MR) is 120 cm³/mol. The topological polar surface area (TPSA) is 93.1 Å². The first-order valence-electron chi connectivity index (χ1n) is 11.2. The third-order valence-corrected chi connectivity index (χ3v) is 6.31. The minimum absolute atomic E-state index is 0.0133. The van der Waals surface area contributed by atoms with Crippen LogP contribution in [0.2, 0.25) is 0 Å². The van der Waals surface area contributed by atoms with Gasteiger partial charge in [0.15, 0.2) is 0 Å². The molecule has 0 amide bonds. The molecule has 1 aliphatic carbocycles. The van der Waals surface area contributed by atoms with E-state index >= 15 is 0 Å².